The molecule has 3 aromatic heterocycles. The molecule has 0 bridgehead atoms. The lowest BCUT2D eigenvalue weighted by Crippen LogP contribution is -2.03. The highest BCUT2D eigenvalue weighted by atomic mass is 19.2. The van der Waals surface area contributed by atoms with Crippen molar-refractivity contribution in [3.8, 4) is 85.1 Å². The minimum absolute atomic E-state index is 0.122. The highest BCUT2D eigenvalue weighted by Gasteiger charge is 2.22. The second-order valence-electron chi connectivity index (χ2n) is 15.0. The van der Waals surface area contributed by atoms with Crippen LogP contribution < -0.4 is 0 Å². The van der Waals surface area contributed by atoms with E-state index < -0.39 is 11.6 Å². The van der Waals surface area contributed by atoms with Crippen molar-refractivity contribution in [3.63, 3.8) is 0 Å². The largest absolute Gasteiger partial charge is 0.309 e. The number of aromatic nitrogens is 7. The van der Waals surface area contributed by atoms with Gasteiger partial charge < -0.3 is 4.57 Å². The standard InChI is InChI=1S/C54H33F2N7/c55-44-26-15-25-42(48(44)56)41-30-28-39(54-61-51(36-20-9-3-10-21-36)58-52(62-54)37-22-11-4-12-23-37)33-47(41)63-45-27-14-13-24-40(45)43-32-38(29-31-46(43)63)53-59-49(34-16-5-1-6-17-34)57-50(60-53)35-18-7-2-8-19-35/h1-33H. The normalized spacial score (nSPS) is 11.3. The highest BCUT2D eigenvalue weighted by molar-refractivity contribution is 6.11. The molecule has 298 valence electrons. The zero-order valence-electron chi connectivity index (χ0n) is 33.4. The summed E-state index contributed by atoms with van der Waals surface area (Å²) in [6, 6.07) is 63.3. The van der Waals surface area contributed by atoms with E-state index in [0.29, 0.717) is 51.8 Å². The Labute approximate surface area is 360 Å². The average Bonchev–Trinajstić information content (AvgIpc) is 3.69. The molecular formula is C54H33F2N7. The molecule has 0 aliphatic carbocycles. The summed E-state index contributed by atoms with van der Waals surface area (Å²) in [4.78, 5) is 29.8. The molecule has 11 aromatic rings. The smallest absolute Gasteiger partial charge is 0.166 e. The summed E-state index contributed by atoms with van der Waals surface area (Å²) in [5.74, 6) is 1.21. The zero-order valence-corrected chi connectivity index (χ0v) is 33.4. The Hall–Kier alpha value is -8.56. The van der Waals surface area contributed by atoms with Crippen LogP contribution in [0.15, 0.2) is 200 Å². The third kappa shape index (κ3) is 6.97. The van der Waals surface area contributed by atoms with E-state index in [2.05, 4.69) is 16.7 Å². The first-order valence-electron chi connectivity index (χ1n) is 20.4. The van der Waals surface area contributed by atoms with Crippen molar-refractivity contribution < 1.29 is 8.78 Å². The molecule has 0 aliphatic heterocycles. The molecule has 0 unspecified atom stereocenters. The minimum Gasteiger partial charge on any atom is -0.309 e. The number of halogens is 2. The Bertz CT molecular complexity index is 3350. The van der Waals surface area contributed by atoms with Gasteiger partial charge in [-0.3, -0.25) is 0 Å². The molecule has 63 heavy (non-hydrogen) atoms. The van der Waals surface area contributed by atoms with Crippen molar-refractivity contribution in [3.05, 3.63) is 212 Å². The molecule has 0 fully saturated rings. The van der Waals surface area contributed by atoms with Crippen LogP contribution in [0.1, 0.15) is 0 Å². The summed E-state index contributed by atoms with van der Waals surface area (Å²) in [5, 5.41) is 1.86. The topological polar surface area (TPSA) is 82.3 Å². The second kappa shape index (κ2) is 15.8. The molecule has 11 rings (SSSR count). The zero-order chi connectivity index (χ0) is 42.3. The van der Waals surface area contributed by atoms with E-state index >= 15 is 8.78 Å². The van der Waals surface area contributed by atoms with E-state index in [1.54, 1.807) is 6.07 Å². The molecule has 9 heteroatoms. The fourth-order valence-corrected chi connectivity index (χ4v) is 8.04. The fraction of sp³-hybridized carbons (Fsp3) is 0. The number of rotatable bonds is 8. The molecule has 0 radical (unpaired) electrons. The number of hydrogen-bond acceptors (Lipinski definition) is 6. The van der Waals surface area contributed by atoms with Crippen molar-refractivity contribution in [1.29, 1.82) is 0 Å². The molecule has 0 amide bonds. The summed E-state index contributed by atoms with van der Waals surface area (Å²) in [5.41, 5.74) is 7.78. The van der Waals surface area contributed by atoms with Crippen LogP contribution in [0, 0.1) is 11.6 Å². The van der Waals surface area contributed by atoms with E-state index in [-0.39, 0.29) is 5.56 Å². The number of hydrogen-bond donors (Lipinski definition) is 0. The lowest BCUT2D eigenvalue weighted by molar-refractivity contribution is 0.511. The van der Waals surface area contributed by atoms with Crippen molar-refractivity contribution >= 4 is 21.8 Å². The minimum atomic E-state index is -0.939. The number of fused-ring (bicyclic) bond motifs is 3. The number of para-hydroxylation sites is 1. The predicted molar refractivity (Wildman–Crippen MR) is 246 cm³/mol. The van der Waals surface area contributed by atoms with Crippen molar-refractivity contribution in [2.24, 2.45) is 0 Å². The third-order valence-electron chi connectivity index (χ3n) is 11.1. The molecule has 8 aromatic carbocycles. The van der Waals surface area contributed by atoms with Gasteiger partial charge in [0, 0.05) is 55.3 Å². The van der Waals surface area contributed by atoms with Gasteiger partial charge in [0.2, 0.25) is 0 Å². The maximum Gasteiger partial charge on any atom is 0.166 e. The van der Waals surface area contributed by atoms with Gasteiger partial charge in [0.1, 0.15) is 0 Å². The Balaban J connectivity index is 1.14. The summed E-state index contributed by atoms with van der Waals surface area (Å²) in [7, 11) is 0. The first kappa shape index (κ1) is 37.4. The third-order valence-corrected chi connectivity index (χ3v) is 11.1. The van der Waals surface area contributed by atoms with E-state index in [4.69, 9.17) is 29.9 Å². The summed E-state index contributed by atoms with van der Waals surface area (Å²) >= 11 is 0. The molecule has 7 nitrogen and oxygen atoms in total. The lowest BCUT2D eigenvalue weighted by Gasteiger charge is -2.17. The summed E-state index contributed by atoms with van der Waals surface area (Å²) < 4.78 is 33.1. The van der Waals surface area contributed by atoms with Crippen LogP contribution in [0.2, 0.25) is 0 Å². The molecule has 3 heterocycles. The van der Waals surface area contributed by atoms with Crippen LogP contribution in [0.4, 0.5) is 8.78 Å². The van der Waals surface area contributed by atoms with Gasteiger partial charge in [-0.2, -0.15) is 0 Å². The molecular weight excluding hydrogens is 785 g/mol. The quantitative estimate of drug-likeness (QED) is 0.152. The van der Waals surface area contributed by atoms with E-state index in [0.717, 1.165) is 55.7 Å². The summed E-state index contributed by atoms with van der Waals surface area (Å²) in [6.45, 7) is 0. The predicted octanol–water partition coefficient (Wildman–Crippen LogP) is 13.1. The number of nitrogens with zero attached hydrogens (tertiary/aromatic N) is 7. The first-order chi connectivity index (χ1) is 31.1. The molecule has 0 spiro atoms. The Morgan fingerprint density at radius 2 is 0.714 bits per heavy atom. The van der Waals surface area contributed by atoms with Gasteiger partial charge in [-0.15, -0.1) is 0 Å². The van der Waals surface area contributed by atoms with Crippen LogP contribution in [0.25, 0.3) is 107 Å². The van der Waals surface area contributed by atoms with Crippen LogP contribution in [-0.2, 0) is 0 Å². The monoisotopic (exact) mass is 817 g/mol. The van der Waals surface area contributed by atoms with Gasteiger partial charge in [0.25, 0.3) is 0 Å². The maximum absolute atomic E-state index is 16.0. The van der Waals surface area contributed by atoms with Crippen molar-refractivity contribution in [1.82, 2.24) is 34.5 Å². The SMILES string of the molecule is Fc1cccc(-c2ccc(-c3nc(-c4ccccc4)nc(-c4ccccc4)n3)cc2-n2c3ccccc3c3cc(-c4nc(-c5ccccc5)nc(-c5ccccc5)n4)ccc32)c1F. The maximum atomic E-state index is 16.0. The van der Waals surface area contributed by atoms with Gasteiger partial charge in [0.05, 0.1) is 16.7 Å². The van der Waals surface area contributed by atoms with Gasteiger partial charge in [0.15, 0.2) is 46.6 Å². The molecule has 0 saturated carbocycles. The highest BCUT2D eigenvalue weighted by Crippen LogP contribution is 2.40. The Morgan fingerprint density at radius 3 is 1.22 bits per heavy atom. The first-order valence-corrected chi connectivity index (χ1v) is 20.4. The van der Waals surface area contributed by atoms with E-state index in [1.165, 1.54) is 6.07 Å². The van der Waals surface area contributed by atoms with Crippen molar-refractivity contribution in [2.75, 3.05) is 0 Å². The van der Waals surface area contributed by atoms with Crippen LogP contribution in [0.5, 0.6) is 0 Å². The van der Waals surface area contributed by atoms with Crippen LogP contribution in [-0.4, -0.2) is 34.5 Å². The van der Waals surface area contributed by atoms with Crippen molar-refractivity contribution in [2.45, 2.75) is 0 Å². The van der Waals surface area contributed by atoms with Gasteiger partial charge in [-0.1, -0.05) is 164 Å². The fourth-order valence-electron chi connectivity index (χ4n) is 8.04. The molecule has 0 atom stereocenters. The van der Waals surface area contributed by atoms with Gasteiger partial charge >= 0.3 is 0 Å². The second-order valence-corrected chi connectivity index (χ2v) is 15.0. The average molecular weight is 818 g/mol. The molecule has 0 aliphatic rings. The van der Waals surface area contributed by atoms with Crippen LogP contribution in [0.3, 0.4) is 0 Å². The Morgan fingerprint density at radius 1 is 0.302 bits per heavy atom. The van der Waals surface area contributed by atoms with Crippen LogP contribution >= 0.6 is 0 Å². The molecule has 0 N–H and O–H groups in total. The van der Waals surface area contributed by atoms with E-state index in [1.807, 2.05) is 170 Å². The number of benzene rings is 8. The van der Waals surface area contributed by atoms with Gasteiger partial charge in [-0.25, -0.2) is 38.7 Å². The summed E-state index contributed by atoms with van der Waals surface area (Å²) in [6.07, 6.45) is 0. The lowest BCUT2D eigenvalue weighted by atomic mass is 9.99. The van der Waals surface area contributed by atoms with Gasteiger partial charge in [-0.05, 0) is 36.4 Å². The Kier molecular flexibility index (Phi) is 9.39. The van der Waals surface area contributed by atoms with E-state index in [9.17, 15) is 0 Å². The molecule has 0 saturated heterocycles.